The monoisotopic (exact) mass is 249 g/mol. The molecule has 1 aliphatic rings. The van der Waals surface area contributed by atoms with Crippen LogP contribution in [0.1, 0.15) is 26.2 Å². The fourth-order valence-corrected chi connectivity index (χ4v) is 2.55. The Kier molecular flexibility index (Phi) is 5.17. The van der Waals surface area contributed by atoms with Crippen molar-refractivity contribution in [2.45, 2.75) is 32.2 Å². The van der Waals surface area contributed by atoms with Gasteiger partial charge >= 0.3 is 0 Å². The zero-order valence-corrected chi connectivity index (χ0v) is 11.3. The van der Waals surface area contributed by atoms with Crippen LogP contribution in [0.2, 0.25) is 0 Å². The predicted molar refractivity (Wildman–Crippen MR) is 65.5 cm³/mol. The van der Waals surface area contributed by atoms with Crippen molar-refractivity contribution in [2.75, 3.05) is 33.7 Å². The van der Waals surface area contributed by atoms with Crippen molar-refractivity contribution in [1.82, 2.24) is 13.9 Å². The van der Waals surface area contributed by atoms with E-state index < -0.39 is 10.2 Å². The van der Waals surface area contributed by atoms with Gasteiger partial charge in [0.1, 0.15) is 0 Å². The predicted octanol–water partition coefficient (Wildman–Crippen LogP) is 0.257. The van der Waals surface area contributed by atoms with Crippen LogP contribution < -0.4 is 4.72 Å². The average molecular weight is 249 g/mol. The molecular weight excluding hydrogens is 226 g/mol. The van der Waals surface area contributed by atoms with E-state index in [4.69, 9.17) is 0 Å². The van der Waals surface area contributed by atoms with Crippen molar-refractivity contribution in [2.24, 2.45) is 0 Å². The van der Waals surface area contributed by atoms with E-state index in [9.17, 15) is 8.42 Å². The van der Waals surface area contributed by atoms with Crippen LogP contribution >= 0.6 is 0 Å². The first-order valence-electron chi connectivity index (χ1n) is 5.84. The van der Waals surface area contributed by atoms with Crippen molar-refractivity contribution < 1.29 is 8.42 Å². The lowest BCUT2D eigenvalue weighted by molar-refractivity contribution is 0.175. The first-order valence-corrected chi connectivity index (χ1v) is 7.28. The topological polar surface area (TPSA) is 52.7 Å². The molecule has 0 amide bonds. The van der Waals surface area contributed by atoms with Crippen molar-refractivity contribution in [3.63, 3.8) is 0 Å². The number of hydrogen-bond acceptors (Lipinski definition) is 3. The van der Waals surface area contributed by atoms with Crippen molar-refractivity contribution in [1.29, 1.82) is 0 Å². The van der Waals surface area contributed by atoms with Gasteiger partial charge in [-0.25, -0.2) is 4.72 Å². The van der Waals surface area contributed by atoms with Crippen LogP contribution in [0.15, 0.2) is 0 Å². The van der Waals surface area contributed by atoms with Gasteiger partial charge in [0.15, 0.2) is 0 Å². The summed E-state index contributed by atoms with van der Waals surface area (Å²) in [7, 11) is -0.204. The van der Waals surface area contributed by atoms with E-state index in [2.05, 4.69) is 16.5 Å². The Labute approximate surface area is 99.0 Å². The smallest absolute Gasteiger partial charge is 0.278 e. The summed E-state index contributed by atoms with van der Waals surface area (Å²) in [4.78, 5) is 2.35. The second-order valence-corrected chi connectivity index (χ2v) is 6.55. The fourth-order valence-electron chi connectivity index (χ4n) is 1.84. The number of rotatable bonds is 5. The number of likely N-dealkylation sites (tertiary alicyclic amines) is 1. The van der Waals surface area contributed by atoms with Gasteiger partial charge in [-0.15, -0.1) is 0 Å². The van der Waals surface area contributed by atoms with Gasteiger partial charge in [0.2, 0.25) is 0 Å². The summed E-state index contributed by atoms with van der Waals surface area (Å²) < 4.78 is 26.8. The third-order valence-corrected chi connectivity index (χ3v) is 4.55. The molecule has 1 atom stereocenters. The van der Waals surface area contributed by atoms with Crippen molar-refractivity contribution in [3.05, 3.63) is 0 Å². The van der Waals surface area contributed by atoms with Crippen LogP contribution in [-0.2, 0) is 10.2 Å². The van der Waals surface area contributed by atoms with Crippen molar-refractivity contribution in [3.8, 4) is 0 Å². The van der Waals surface area contributed by atoms with Gasteiger partial charge in [-0.3, -0.25) is 4.90 Å². The molecule has 6 heteroatoms. The Balaban J connectivity index is 2.37. The Bertz CT molecular complexity index is 297. The minimum atomic E-state index is -3.28. The van der Waals surface area contributed by atoms with Gasteiger partial charge in [0.05, 0.1) is 0 Å². The molecule has 5 nitrogen and oxygen atoms in total. The molecule has 0 aromatic carbocycles. The van der Waals surface area contributed by atoms with Crippen LogP contribution in [0.5, 0.6) is 0 Å². The summed E-state index contributed by atoms with van der Waals surface area (Å²) >= 11 is 0. The lowest BCUT2D eigenvalue weighted by Gasteiger charge is -2.32. The number of hydrogen-bond donors (Lipinski definition) is 1. The molecule has 1 rings (SSSR count). The molecule has 1 N–H and O–H groups in total. The molecule has 0 bridgehead atoms. The molecule has 1 fully saturated rings. The molecule has 0 spiro atoms. The van der Waals surface area contributed by atoms with E-state index >= 15 is 0 Å². The largest absolute Gasteiger partial charge is 0.299 e. The van der Waals surface area contributed by atoms with E-state index in [0.29, 0.717) is 6.54 Å². The van der Waals surface area contributed by atoms with Crippen LogP contribution in [0, 0.1) is 0 Å². The molecular formula is C10H23N3O2S. The van der Waals surface area contributed by atoms with E-state index in [1.807, 2.05) is 0 Å². The van der Waals surface area contributed by atoms with E-state index in [0.717, 1.165) is 13.1 Å². The van der Waals surface area contributed by atoms with Gasteiger partial charge in [-0.2, -0.15) is 12.7 Å². The SMILES string of the molecule is CC(CNS(=O)(=O)N(C)C)N1CCCCC1. The molecule has 1 aliphatic heterocycles. The number of nitrogens with zero attached hydrogens (tertiary/aromatic N) is 2. The number of piperidine rings is 1. The van der Waals surface area contributed by atoms with Gasteiger partial charge in [-0.05, 0) is 32.9 Å². The molecule has 1 heterocycles. The molecule has 1 unspecified atom stereocenters. The zero-order valence-electron chi connectivity index (χ0n) is 10.4. The van der Waals surface area contributed by atoms with Crippen LogP contribution in [0.4, 0.5) is 0 Å². The van der Waals surface area contributed by atoms with Crippen LogP contribution in [0.3, 0.4) is 0 Å². The molecule has 16 heavy (non-hydrogen) atoms. The second-order valence-electron chi connectivity index (χ2n) is 4.58. The average Bonchev–Trinajstić information content (AvgIpc) is 2.27. The molecule has 1 saturated heterocycles. The third-order valence-electron chi connectivity index (χ3n) is 3.06. The summed E-state index contributed by atoms with van der Waals surface area (Å²) in [5.74, 6) is 0. The summed E-state index contributed by atoms with van der Waals surface area (Å²) in [6.45, 7) is 4.74. The third kappa shape index (κ3) is 4.01. The fraction of sp³-hybridized carbons (Fsp3) is 1.00. The maximum atomic E-state index is 11.5. The highest BCUT2D eigenvalue weighted by atomic mass is 32.2. The maximum Gasteiger partial charge on any atom is 0.278 e. The van der Waals surface area contributed by atoms with Gasteiger partial charge in [-0.1, -0.05) is 6.42 Å². The Morgan fingerprint density at radius 2 is 1.81 bits per heavy atom. The van der Waals surface area contributed by atoms with E-state index in [1.165, 1.54) is 37.7 Å². The first kappa shape index (κ1) is 13.9. The second kappa shape index (κ2) is 5.95. The summed E-state index contributed by atoms with van der Waals surface area (Å²) in [5.41, 5.74) is 0. The first-order chi connectivity index (χ1) is 7.43. The van der Waals surface area contributed by atoms with Gasteiger partial charge < -0.3 is 0 Å². The summed E-state index contributed by atoms with van der Waals surface area (Å²) in [6, 6.07) is 0.273. The van der Waals surface area contributed by atoms with Gasteiger partial charge in [0, 0.05) is 26.7 Å². The summed E-state index contributed by atoms with van der Waals surface area (Å²) in [5, 5.41) is 0. The number of nitrogens with one attached hydrogen (secondary N) is 1. The standard InChI is InChI=1S/C10H23N3O2S/c1-10(13-7-5-4-6-8-13)9-11-16(14,15)12(2)3/h10-11H,4-9H2,1-3H3. The molecule has 0 aliphatic carbocycles. The normalized spacial score (nSPS) is 21.2. The molecule has 0 aromatic heterocycles. The highest BCUT2D eigenvalue weighted by Gasteiger charge is 2.19. The minimum Gasteiger partial charge on any atom is -0.299 e. The van der Waals surface area contributed by atoms with Crippen molar-refractivity contribution >= 4 is 10.2 Å². The van der Waals surface area contributed by atoms with E-state index in [-0.39, 0.29) is 6.04 Å². The van der Waals surface area contributed by atoms with Gasteiger partial charge in [0.25, 0.3) is 10.2 Å². The lowest BCUT2D eigenvalue weighted by atomic mass is 10.1. The molecule has 0 saturated carbocycles. The highest BCUT2D eigenvalue weighted by molar-refractivity contribution is 7.87. The van der Waals surface area contributed by atoms with Crippen LogP contribution in [0.25, 0.3) is 0 Å². The Morgan fingerprint density at radius 3 is 2.31 bits per heavy atom. The quantitative estimate of drug-likeness (QED) is 0.760. The maximum absolute atomic E-state index is 11.5. The van der Waals surface area contributed by atoms with E-state index in [1.54, 1.807) is 0 Å². The van der Waals surface area contributed by atoms with Crippen LogP contribution in [-0.4, -0.2) is 57.4 Å². The molecule has 0 aromatic rings. The minimum absolute atomic E-state index is 0.273. The summed E-state index contributed by atoms with van der Waals surface area (Å²) in [6.07, 6.45) is 3.75. The Hall–Kier alpha value is -0.170. The zero-order chi connectivity index (χ0) is 12.2. The lowest BCUT2D eigenvalue weighted by Crippen LogP contribution is -2.46. The highest BCUT2D eigenvalue weighted by Crippen LogP contribution is 2.11. The Morgan fingerprint density at radius 1 is 1.25 bits per heavy atom. The molecule has 0 radical (unpaired) electrons. The molecule has 96 valence electrons.